The van der Waals surface area contributed by atoms with E-state index in [1.165, 1.54) is 24.3 Å². The van der Waals surface area contributed by atoms with Gasteiger partial charge in [0.1, 0.15) is 0 Å². The Morgan fingerprint density at radius 1 is 1.00 bits per heavy atom. The van der Waals surface area contributed by atoms with Crippen LogP contribution in [0.15, 0.2) is 34.1 Å². The van der Waals surface area contributed by atoms with E-state index in [2.05, 4.69) is 4.72 Å². The van der Waals surface area contributed by atoms with Gasteiger partial charge in [0.25, 0.3) is 9.05 Å². The number of benzene rings is 1. The van der Waals surface area contributed by atoms with Crippen molar-refractivity contribution < 1.29 is 16.8 Å². The molecule has 1 N–H and O–H groups in total. The zero-order chi connectivity index (χ0) is 16.3. The molecule has 120 valence electrons. The highest BCUT2D eigenvalue weighted by atomic mass is 35.7. The fraction of sp³-hybridized carbons (Fsp3) is 0.538. The molecule has 0 radical (unpaired) electrons. The van der Waals surface area contributed by atoms with Crippen LogP contribution in [0.2, 0.25) is 0 Å². The van der Waals surface area contributed by atoms with Crippen LogP contribution in [0.25, 0.3) is 0 Å². The quantitative estimate of drug-likeness (QED) is 0.764. The van der Waals surface area contributed by atoms with Crippen molar-refractivity contribution in [3.8, 4) is 0 Å². The standard InChI is InChI=1S/C13H20ClNO4S2/c1-4-11(5-2)10(3)15-21(18,19)13-8-6-12(7-9-13)20(14,16)17/h6-11,15H,4-5H2,1-3H3. The summed E-state index contributed by atoms with van der Waals surface area (Å²) < 4.78 is 49.4. The van der Waals surface area contributed by atoms with Crippen molar-refractivity contribution in [2.24, 2.45) is 5.92 Å². The van der Waals surface area contributed by atoms with Crippen molar-refractivity contribution in [2.45, 2.75) is 49.4 Å². The van der Waals surface area contributed by atoms with Gasteiger partial charge in [0, 0.05) is 16.7 Å². The summed E-state index contributed by atoms with van der Waals surface area (Å²) in [5, 5.41) is 0. The molecule has 1 aromatic carbocycles. The van der Waals surface area contributed by atoms with E-state index in [4.69, 9.17) is 10.7 Å². The third-order valence-corrected chi connectivity index (χ3v) is 6.46. The Morgan fingerprint density at radius 3 is 1.81 bits per heavy atom. The lowest BCUT2D eigenvalue weighted by Crippen LogP contribution is -2.37. The van der Waals surface area contributed by atoms with Crippen LogP contribution >= 0.6 is 10.7 Å². The fourth-order valence-electron chi connectivity index (χ4n) is 2.19. The van der Waals surface area contributed by atoms with Crippen LogP contribution in [0.4, 0.5) is 0 Å². The SMILES string of the molecule is CCC(CC)C(C)NS(=O)(=O)c1ccc(S(=O)(=O)Cl)cc1. The van der Waals surface area contributed by atoms with Gasteiger partial charge in [-0.25, -0.2) is 21.6 Å². The average molecular weight is 354 g/mol. The molecule has 1 unspecified atom stereocenters. The lowest BCUT2D eigenvalue weighted by molar-refractivity contribution is 0.390. The number of rotatable bonds is 7. The molecule has 0 fully saturated rings. The van der Waals surface area contributed by atoms with Gasteiger partial charge < -0.3 is 0 Å². The molecule has 0 heterocycles. The Morgan fingerprint density at radius 2 is 1.43 bits per heavy atom. The molecular formula is C13H20ClNO4S2. The van der Waals surface area contributed by atoms with Gasteiger partial charge in [-0.1, -0.05) is 26.7 Å². The van der Waals surface area contributed by atoms with Gasteiger partial charge >= 0.3 is 0 Å². The number of hydrogen-bond acceptors (Lipinski definition) is 4. The molecule has 0 bridgehead atoms. The van der Waals surface area contributed by atoms with Crippen molar-refractivity contribution in [1.29, 1.82) is 0 Å². The van der Waals surface area contributed by atoms with Gasteiger partial charge in [0.05, 0.1) is 9.79 Å². The molecule has 1 atom stereocenters. The van der Waals surface area contributed by atoms with Crippen LogP contribution in [-0.2, 0) is 19.1 Å². The predicted molar refractivity (Wildman–Crippen MR) is 83.3 cm³/mol. The second kappa shape index (κ2) is 7.09. The van der Waals surface area contributed by atoms with E-state index < -0.39 is 19.1 Å². The summed E-state index contributed by atoms with van der Waals surface area (Å²) in [6.45, 7) is 5.85. The number of hydrogen-bond donors (Lipinski definition) is 1. The summed E-state index contributed by atoms with van der Waals surface area (Å²) in [6, 6.07) is 4.63. The first-order valence-electron chi connectivity index (χ1n) is 6.68. The topological polar surface area (TPSA) is 80.3 Å². The number of nitrogens with one attached hydrogen (secondary N) is 1. The van der Waals surface area contributed by atoms with E-state index in [0.717, 1.165) is 12.8 Å². The second-order valence-electron chi connectivity index (χ2n) is 4.90. The van der Waals surface area contributed by atoms with Crippen molar-refractivity contribution in [3.63, 3.8) is 0 Å². The summed E-state index contributed by atoms with van der Waals surface area (Å²) >= 11 is 0. The largest absolute Gasteiger partial charge is 0.261 e. The van der Waals surface area contributed by atoms with E-state index in [1.807, 2.05) is 20.8 Å². The molecule has 0 aliphatic heterocycles. The fourth-order valence-corrected chi connectivity index (χ4v) is 4.27. The second-order valence-corrected chi connectivity index (χ2v) is 9.18. The minimum Gasteiger partial charge on any atom is -0.208 e. The minimum absolute atomic E-state index is 0.0179. The van der Waals surface area contributed by atoms with Gasteiger partial charge in [-0.15, -0.1) is 0 Å². The van der Waals surface area contributed by atoms with Crippen LogP contribution in [0.1, 0.15) is 33.6 Å². The Kier molecular flexibility index (Phi) is 6.22. The zero-order valence-corrected chi connectivity index (χ0v) is 14.6. The van der Waals surface area contributed by atoms with Gasteiger partial charge in [-0.3, -0.25) is 0 Å². The van der Waals surface area contributed by atoms with E-state index in [1.54, 1.807) is 0 Å². The maximum absolute atomic E-state index is 12.2. The highest BCUT2D eigenvalue weighted by Gasteiger charge is 2.22. The molecule has 0 aromatic heterocycles. The minimum atomic E-state index is -3.85. The van der Waals surface area contributed by atoms with E-state index in [0.29, 0.717) is 0 Å². The monoisotopic (exact) mass is 353 g/mol. The van der Waals surface area contributed by atoms with Gasteiger partial charge in [-0.2, -0.15) is 0 Å². The van der Waals surface area contributed by atoms with Crippen LogP contribution in [0, 0.1) is 5.92 Å². The third-order valence-electron chi connectivity index (χ3n) is 3.51. The molecule has 21 heavy (non-hydrogen) atoms. The highest BCUT2D eigenvalue weighted by Crippen LogP contribution is 2.19. The molecule has 0 amide bonds. The molecule has 5 nitrogen and oxygen atoms in total. The van der Waals surface area contributed by atoms with E-state index in [9.17, 15) is 16.8 Å². The number of sulfonamides is 1. The van der Waals surface area contributed by atoms with Crippen molar-refractivity contribution >= 4 is 29.8 Å². The van der Waals surface area contributed by atoms with Crippen molar-refractivity contribution in [1.82, 2.24) is 4.72 Å². The van der Waals surface area contributed by atoms with E-state index >= 15 is 0 Å². The smallest absolute Gasteiger partial charge is 0.208 e. The molecule has 0 saturated heterocycles. The Balaban J connectivity index is 2.98. The van der Waals surface area contributed by atoms with Crippen LogP contribution in [-0.4, -0.2) is 22.9 Å². The van der Waals surface area contributed by atoms with Gasteiger partial charge in [0.2, 0.25) is 10.0 Å². The highest BCUT2D eigenvalue weighted by molar-refractivity contribution is 8.13. The maximum atomic E-state index is 12.2. The first kappa shape index (κ1) is 18.4. The Labute approximate surface area is 131 Å². The predicted octanol–water partition coefficient (Wildman–Crippen LogP) is 2.72. The van der Waals surface area contributed by atoms with Crippen molar-refractivity contribution in [2.75, 3.05) is 0 Å². The van der Waals surface area contributed by atoms with Gasteiger partial charge in [0.15, 0.2) is 0 Å². The van der Waals surface area contributed by atoms with Crippen LogP contribution in [0.5, 0.6) is 0 Å². The molecule has 0 spiro atoms. The van der Waals surface area contributed by atoms with Crippen LogP contribution < -0.4 is 4.72 Å². The molecule has 0 saturated carbocycles. The summed E-state index contributed by atoms with van der Waals surface area (Å²) in [6.07, 6.45) is 1.76. The molecule has 1 aromatic rings. The summed E-state index contributed by atoms with van der Waals surface area (Å²) in [5.41, 5.74) is 0. The summed E-state index contributed by atoms with van der Waals surface area (Å²) in [5.74, 6) is 0.252. The molecule has 0 aliphatic rings. The molecular weight excluding hydrogens is 334 g/mol. The zero-order valence-electron chi connectivity index (χ0n) is 12.2. The Hall–Kier alpha value is -0.630. The lowest BCUT2D eigenvalue weighted by Gasteiger charge is -2.22. The lowest BCUT2D eigenvalue weighted by atomic mass is 9.96. The molecule has 1 rings (SSSR count). The average Bonchev–Trinajstić information content (AvgIpc) is 2.38. The van der Waals surface area contributed by atoms with Gasteiger partial charge in [-0.05, 0) is 37.1 Å². The van der Waals surface area contributed by atoms with Crippen LogP contribution in [0.3, 0.4) is 0 Å². The third kappa shape index (κ3) is 4.95. The number of halogens is 1. The normalized spacial score (nSPS) is 14.3. The van der Waals surface area contributed by atoms with Crippen molar-refractivity contribution in [3.05, 3.63) is 24.3 Å². The van der Waals surface area contributed by atoms with E-state index in [-0.39, 0.29) is 21.8 Å². The molecule has 0 aliphatic carbocycles. The first-order valence-corrected chi connectivity index (χ1v) is 10.5. The summed E-state index contributed by atoms with van der Waals surface area (Å²) in [4.78, 5) is -0.111. The summed E-state index contributed by atoms with van der Waals surface area (Å²) in [7, 11) is -2.33. The first-order chi connectivity index (χ1) is 9.61. The Bertz CT molecular complexity index is 665. The maximum Gasteiger partial charge on any atom is 0.261 e. The molecule has 8 heteroatoms.